The smallest absolute Gasteiger partial charge is 0.162 e. The molecule has 0 amide bonds. The van der Waals surface area contributed by atoms with Crippen LogP contribution in [0, 0.1) is 11.6 Å². The zero-order valence-corrected chi connectivity index (χ0v) is 11.4. The zero-order valence-electron chi connectivity index (χ0n) is 11.4. The Morgan fingerprint density at radius 1 is 1.33 bits per heavy atom. The van der Waals surface area contributed by atoms with Crippen molar-refractivity contribution in [1.82, 2.24) is 4.90 Å². The molecule has 18 heavy (non-hydrogen) atoms. The molecule has 0 heterocycles. The van der Waals surface area contributed by atoms with Gasteiger partial charge in [0.15, 0.2) is 11.6 Å². The number of likely N-dealkylation sites (N-methyl/N-ethyl adjacent to an activating group) is 1. The topological polar surface area (TPSA) is 23.5 Å². The summed E-state index contributed by atoms with van der Waals surface area (Å²) in [6.07, 6.45) is 0.0679. The van der Waals surface area contributed by atoms with Crippen molar-refractivity contribution in [2.24, 2.45) is 0 Å². The van der Waals surface area contributed by atoms with Crippen LogP contribution in [0.5, 0.6) is 0 Å². The number of aliphatic hydroxyl groups excluding tert-OH is 1. The third kappa shape index (κ3) is 2.87. The molecule has 2 nitrogen and oxygen atoms in total. The first kappa shape index (κ1) is 15.1. The Balaban J connectivity index is 2.93. The molecule has 1 rings (SSSR count). The molecule has 0 spiro atoms. The summed E-state index contributed by atoms with van der Waals surface area (Å²) in [4.78, 5) is 1.91. The van der Waals surface area contributed by atoms with Crippen molar-refractivity contribution < 1.29 is 13.9 Å². The van der Waals surface area contributed by atoms with Crippen LogP contribution in [0.4, 0.5) is 8.78 Å². The van der Waals surface area contributed by atoms with E-state index in [1.165, 1.54) is 12.1 Å². The molecule has 0 aliphatic carbocycles. The Bertz CT molecular complexity index is 409. The van der Waals surface area contributed by atoms with Gasteiger partial charge in [-0.25, -0.2) is 8.78 Å². The molecule has 0 aliphatic rings. The summed E-state index contributed by atoms with van der Waals surface area (Å²) in [6, 6.07) is 4.04. The fraction of sp³-hybridized carbons (Fsp3) is 0.571. The molecule has 0 aromatic heterocycles. The third-order valence-corrected chi connectivity index (χ3v) is 3.90. The van der Waals surface area contributed by atoms with Gasteiger partial charge < -0.3 is 10.0 Å². The van der Waals surface area contributed by atoms with Crippen LogP contribution < -0.4 is 0 Å². The number of benzene rings is 1. The third-order valence-electron chi connectivity index (χ3n) is 3.90. The Labute approximate surface area is 107 Å². The predicted octanol–water partition coefficient (Wildman–Crippen LogP) is 2.60. The van der Waals surface area contributed by atoms with E-state index in [9.17, 15) is 13.9 Å². The first-order chi connectivity index (χ1) is 8.32. The zero-order chi connectivity index (χ0) is 13.9. The normalized spacial score (nSPS) is 16.7. The largest absolute Gasteiger partial charge is 0.391 e. The van der Waals surface area contributed by atoms with Gasteiger partial charge in [-0.15, -0.1) is 0 Å². The summed E-state index contributed by atoms with van der Waals surface area (Å²) in [5, 5.41) is 10.3. The molecular weight excluding hydrogens is 236 g/mol. The number of hydrogen-bond acceptors (Lipinski definition) is 2. The van der Waals surface area contributed by atoms with Gasteiger partial charge in [-0.3, -0.25) is 0 Å². The summed E-state index contributed by atoms with van der Waals surface area (Å²) in [7, 11) is 3.74. The van der Waals surface area contributed by atoms with E-state index in [1.54, 1.807) is 0 Å². The fourth-order valence-corrected chi connectivity index (χ4v) is 1.98. The molecule has 102 valence electrons. The first-order valence-electron chi connectivity index (χ1n) is 6.11. The summed E-state index contributed by atoms with van der Waals surface area (Å²) in [6.45, 7) is 3.88. The van der Waals surface area contributed by atoms with Gasteiger partial charge in [-0.2, -0.15) is 0 Å². The summed E-state index contributed by atoms with van der Waals surface area (Å²) >= 11 is 0. The van der Waals surface area contributed by atoms with Gasteiger partial charge in [0.25, 0.3) is 0 Å². The number of hydrogen-bond donors (Lipinski definition) is 1. The van der Waals surface area contributed by atoms with Gasteiger partial charge in [-0.1, -0.05) is 19.1 Å². The van der Waals surface area contributed by atoms with E-state index in [4.69, 9.17) is 0 Å². The van der Waals surface area contributed by atoms with Gasteiger partial charge >= 0.3 is 0 Å². The van der Waals surface area contributed by atoms with Gasteiger partial charge in [0.05, 0.1) is 6.10 Å². The SMILES string of the molecule is CCC(C)(C(O)Cc1cccc(F)c1F)N(C)C. The monoisotopic (exact) mass is 257 g/mol. The highest BCUT2D eigenvalue weighted by Crippen LogP contribution is 2.25. The molecule has 0 radical (unpaired) electrons. The Hall–Kier alpha value is -1.00. The minimum atomic E-state index is -0.872. The molecule has 1 aromatic rings. The standard InChI is InChI=1S/C14H21F2NO/c1-5-14(2,17(3)4)12(18)9-10-7-6-8-11(15)13(10)16/h6-8,12,18H,5,9H2,1-4H3. The lowest BCUT2D eigenvalue weighted by Crippen LogP contribution is -2.51. The van der Waals surface area contributed by atoms with Gasteiger partial charge in [0.1, 0.15) is 0 Å². The average molecular weight is 257 g/mol. The predicted molar refractivity (Wildman–Crippen MR) is 68.5 cm³/mol. The van der Waals surface area contributed by atoms with E-state index in [1.807, 2.05) is 32.8 Å². The van der Waals surface area contributed by atoms with E-state index >= 15 is 0 Å². The molecule has 1 aromatic carbocycles. The van der Waals surface area contributed by atoms with E-state index in [0.29, 0.717) is 0 Å². The second-order valence-corrected chi connectivity index (χ2v) is 5.04. The van der Waals surface area contributed by atoms with E-state index in [2.05, 4.69) is 0 Å². The molecule has 4 heteroatoms. The van der Waals surface area contributed by atoms with Crippen LogP contribution in [0.3, 0.4) is 0 Å². The minimum absolute atomic E-state index is 0.103. The molecule has 1 N–H and O–H groups in total. The van der Waals surface area contributed by atoms with Gasteiger partial charge in [0.2, 0.25) is 0 Å². The van der Waals surface area contributed by atoms with Crippen LogP contribution in [0.1, 0.15) is 25.8 Å². The van der Waals surface area contributed by atoms with Crippen molar-refractivity contribution in [2.45, 2.75) is 38.3 Å². The lowest BCUT2D eigenvalue weighted by atomic mass is 9.86. The van der Waals surface area contributed by atoms with Crippen LogP contribution in [0.2, 0.25) is 0 Å². The molecular formula is C14H21F2NO. The second-order valence-electron chi connectivity index (χ2n) is 5.04. The lowest BCUT2D eigenvalue weighted by Gasteiger charge is -2.40. The van der Waals surface area contributed by atoms with Gasteiger partial charge in [0, 0.05) is 12.0 Å². The second kappa shape index (κ2) is 5.76. The molecule has 0 saturated heterocycles. The maximum Gasteiger partial charge on any atom is 0.162 e. The molecule has 0 fully saturated rings. The fourth-order valence-electron chi connectivity index (χ4n) is 1.98. The molecule has 0 bridgehead atoms. The van der Waals surface area contributed by atoms with Crippen molar-refractivity contribution in [2.75, 3.05) is 14.1 Å². The van der Waals surface area contributed by atoms with Crippen molar-refractivity contribution in [3.63, 3.8) is 0 Å². The van der Waals surface area contributed by atoms with Crippen LogP contribution in [-0.4, -0.2) is 35.7 Å². The van der Waals surface area contributed by atoms with E-state index in [0.717, 1.165) is 12.5 Å². The summed E-state index contributed by atoms with van der Waals surface area (Å²) in [5.41, 5.74) is -0.248. The maximum atomic E-state index is 13.6. The van der Waals surface area contributed by atoms with Gasteiger partial charge in [-0.05, 0) is 39.1 Å². The van der Waals surface area contributed by atoms with Crippen LogP contribution in [0.15, 0.2) is 18.2 Å². The van der Waals surface area contributed by atoms with Crippen molar-refractivity contribution in [3.8, 4) is 0 Å². The summed E-state index contributed by atoms with van der Waals surface area (Å²) in [5.74, 6) is -1.74. The molecule has 2 atom stereocenters. The Kier molecular flexibility index (Phi) is 4.82. The van der Waals surface area contributed by atoms with E-state index < -0.39 is 23.3 Å². The molecule has 0 saturated carbocycles. The number of rotatable bonds is 5. The minimum Gasteiger partial charge on any atom is -0.391 e. The quantitative estimate of drug-likeness (QED) is 0.876. The lowest BCUT2D eigenvalue weighted by molar-refractivity contribution is 0.00250. The Morgan fingerprint density at radius 3 is 2.44 bits per heavy atom. The molecule has 0 aliphatic heterocycles. The highest BCUT2D eigenvalue weighted by atomic mass is 19.2. The number of nitrogens with zero attached hydrogens (tertiary/aromatic N) is 1. The van der Waals surface area contributed by atoms with Crippen molar-refractivity contribution in [3.05, 3.63) is 35.4 Å². The first-order valence-corrected chi connectivity index (χ1v) is 6.11. The van der Waals surface area contributed by atoms with Crippen molar-refractivity contribution >= 4 is 0 Å². The van der Waals surface area contributed by atoms with Crippen LogP contribution in [0.25, 0.3) is 0 Å². The van der Waals surface area contributed by atoms with E-state index in [-0.39, 0.29) is 12.0 Å². The van der Waals surface area contributed by atoms with Crippen LogP contribution in [-0.2, 0) is 6.42 Å². The number of halogens is 2. The van der Waals surface area contributed by atoms with Crippen LogP contribution >= 0.6 is 0 Å². The van der Waals surface area contributed by atoms with Crippen molar-refractivity contribution in [1.29, 1.82) is 0 Å². The molecule has 2 unspecified atom stereocenters. The Morgan fingerprint density at radius 2 is 1.94 bits per heavy atom. The summed E-state index contributed by atoms with van der Waals surface area (Å²) < 4.78 is 26.7. The average Bonchev–Trinajstić information content (AvgIpc) is 2.33. The highest BCUT2D eigenvalue weighted by Gasteiger charge is 2.34. The maximum absolute atomic E-state index is 13.6. The highest BCUT2D eigenvalue weighted by molar-refractivity contribution is 5.20. The number of aliphatic hydroxyl groups is 1.